The number of ether oxygens (including phenoxy) is 1. The van der Waals surface area contributed by atoms with Crippen molar-refractivity contribution < 1.29 is 37.1 Å². The third-order valence-corrected chi connectivity index (χ3v) is 12.0. The van der Waals surface area contributed by atoms with E-state index in [1.54, 1.807) is 18.0 Å². The lowest BCUT2D eigenvalue weighted by atomic mass is 9.81. The average molecular weight is 804 g/mol. The monoisotopic (exact) mass is 803 g/mol. The molecule has 4 atom stereocenters. The number of nitrogens with zero attached hydrogens (tertiary/aromatic N) is 4. The van der Waals surface area contributed by atoms with Gasteiger partial charge in [-0.25, -0.2) is 22.9 Å². The highest BCUT2D eigenvalue weighted by Crippen LogP contribution is 2.38. The summed E-state index contributed by atoms with van der Waals surface area (Å²) in [6.07, 6.45) is 6.91. The Labute approximate surface area is 336 Å². The standard InChI is InChI=1S/C43H52F3N7O5/c1-27(20-48-42(56)31-9-7-29(8-10-31)24-52-38(54)13-14-39(52)55)49-43(57)53(25-32-21-47-22-36(32)46)40(30-15-17-58-18-16-30)41-50-37(34-19-33(44)11-12-35(34)45)26-51(41)23-28-5-3-2-4-6-28/h2-6,11-14,19,26-27,29-32,36,40,47H,7-10,15-18,20-25H2,1H3,(H,48,56)(H,49,57)/t27?,29?,31?,32-,36-,40+/m0/s1. The molecule has 3 fully saturated rings. The summed E-state index contributed by atoms with van der Waals surface area (Å²) in [6.45, 7) is 4.16. The predicted octanol–water partition coefficient (Wildman–Crippen LogP) is 5.15. The van der Waals surface area contributed by atoms with Gasteiger partial charge in [0, 0.05) is 94.3 Å². The molecule has 0 spiro atoms. The van der Waals surface area contributed by atoms with Crippen molar-refractivity contribution in [1.29, 1.82) is 0 Å². The van der Waals surface area contributed by atoms with Crippen molar-refractivity contribution in [3.8, 4) is 11.3 Å². The van der Waals surface area contributed by atoms with Crippen LogP contribution in [-0.2, 0) is 25.7 Å². The van der Waals surface area contributed by atoms with Crippen LogP contribution in [0, 0.1) is 35.3 Å². The number of amides is 5. The van der Waals surface area contributed by atoms with Crippen LogP contribution in [0.3, 0.4) is 0 Å². The Kier molecular flexibility index (Phi) is 13.3. The topological polar surface area (TPSA) is 138 Å². The molecule has 15 heteroatoms. The Morgan fingerprint density at radius 2 is 1.71 bits per heavy atom. The lowest BCUT2D eigenvalue weighted by Gasteiger charge is -2.40. The molecule has 4 heterocycles. The molecule has 3 aliphatic heterocycles. The number of benzene rings is 2. The second kappa shape index (κ2) is 18.7. The van der Waals surface area contributed by atoms with E-state index in [-0.39, 0.29) is 66.4 Å². The molecule has 12 nitrogen and oxygen atoms in total. The summed E-state index contributed by atoms with van der Waals surface area (Å²) in [7, 11) is 0. The SMILES string of the molecule is CC(CNC(=O)C1CCC(CN2C(=O)C=CC2=O)CC1)NC(=O)N(C[C@@H]1CNC[C@@H]1F)[C@@H](c1nc(-c2cc(F)ccc2F)cn1Cc1ccccc1)C1CCOCC1. The van der Waals surface area contributed by atoms with Gasteiger partial charge in [0.2, 0.25) is 5.91 Å². The number of rotatable bonds is 14. The Bertz CT molecular complexity index is 1950. The summed E-state index contributed by atoms with van der Waals surface area (Å²) in [6, 6.07) is 11.2. The van der Waals surface area contributed by atoms with Gasteiger partial charge in [-0.15, -0.1) is 0 Å². The van der Waals surface area contributed by atoms with Gasteiger partial charge in [0.1, 0.15) is 23.6 Å². The molecule has 2 aromatic carbocycles. The van der Waals surface area contributed by atoms with Crippen molar-refractivity contribution in [1.82, 2.24) is 35.3 Å². The fourth-order valence-corrected chi connectivity index (χ4v) is 8.71. The third-order valence-electron chi connectivity index (χ3n) is 12.0. The van der Waals surface area contributed by atoms with Crippen molar-refractivity contribution in [3.63, 3.8) is 0 Å². The van der Waals surface area contributed by atoms with Crippen LogP contribution in [0.25, 0.3) is 11.3 Å². The molecule has 3 N–H and O–H groups in total. The number of carbonyl (C=O) groups is 4. The van der Waals surface area contributed by atoms with E-state index in [2.05, 4.69) is 16.0 Å². The van der Waals surface area contributed by atoms with E-state index in [4.69, 9.17) is 9.72 Å². The van der Waals surface area contributed by atoms with Gasteiger partial charge in [-0.1, -0.05) is 30.3 Å². The van der Waals surface area contributed by atoms with Gasteiger partial charge in [0.15, 0.2) is 0 Å². The maximum absolute atomic E-state index is 15.4. The average Bonchev–Trinajstić information content (AvgIpc) is 3.93. The molecule has 310 valence electrons. The summed E-state index contributed by atoms with van der Waals surface area (Å²) in [5.74, 6) is -2.26. The van der Waals surface area contributed by atoms with E-state index in [0.717, 1.165) is 23.8 Å². The Morgan fingerprint density at radius 3 is 2.40 bits per heavy atom. The molecule has 1 aliphatic carbocycles. The van der Waals surface area contributed by atoms with E-state index in [9.17, 15) is 23.6 Å². The van der Waals surface area contributed by atoms with E-state index in [1.807, 2.05) is 34.9 Å². The zero-order valence-corrected chi connectivity index (χ0v) is 32.8. The lowest BCUT2D eigenvalue weighted by molar-refractivity contribution is -0.138. The van der Waals surface area contributed by atoms with Crippen molar-refractivity contribution in [3.05, 3.63) is 89.9 Å². The number of imide groups is 1. The molecule has 0 radical (unpaired) electrons. The van der Waals surface area contributed by atoms with E-state index < -0.39 is 41.8 Å². The zero-order chi connectivity index (χ0) is 40.8. The summed E-state index contributed by atoms with van der Waals surface area (Å²) >= 11 is 0. The molecule has 5 amide bonds. The first kappa shape index (κ1) is 41.2. The normalized spacial score (nSPS) is 23.6. The number of urea groups is 1. The van der Waals surface area contributed by atoms with Gasteiger partial charge in [0.05, 0.1) is 11.7 Å². The van der Waals surface area contributed by atoms with Gasteiger partial charge in [-0.3, -0.25) is 19.3 Å². The summed E-state index contributed by atoms with van der Waals surface area (Å²) in [5, 5.41) is 9.17. The number of aromatic nitrogens is 2. The van der Waals surface area contributed by atoms with Crippen LogP contribution >= 0.6 is 0 Å². The van der Waals surface area contributed by atoms with Crippen molar-refractivity contribution in [2.24, 2.45) is 23.7 Å². The highest BCUT2D eigenvalue weighted by atomic mass is 19.1. The molecule has 7 rings (SSSR count). The van der Waals surface area contributed by atoms with Crippen LogP contribution < -0.4 is 16.0 Å². The maximum Gasteiger partial charge on any atom is 0.318 e. The van der Waals surface area contributed by atoms with E-state index in [1.165, 1.54) is 17.1 Å². The van der Waals surface area contributed by atoms with Gasteiger partial charge >= 0.3 is 6.03 Å². The molecule has 1 aromatic heterocycles. The molecular weight excluding hydrogens is 752 g/mol. The van der Waals surface area contributed by atoms with Gasteiger partial charge in [0.25, 0.3) is 11.8 Å². The number of nitrogens with one attached hydrogen (secondary N) is 3. The zero-order valence-electron chi connectivity index (χ0n) is 32.8. The second-order valence-corrected chi connectivity index (χ2v) is 16.1. The van der Waals surface area contributed by atoms with E-state index >= 15 is 8.78 Å². The third kappa shape index (κ3) is 9.80. The fraction of sp³-hybridized carbons (Fsp3) is 0.512. The molecule has 1 unspecified atom stereocenters. The van der Waals surface area contributed by atoms with Crippen molar-refractivity contribution in [2.75, 3.05) is 45.9 Å². The fourth-order valence-electron chi connectivity index (χ4n) is 8.71. The van der Waals surface area contributed by atoms with Crippen LogP contribution in [-0.4, -0.2) is 101 Å². The first-order valence-corrected chi connectivity index (χ1v) is 20.4. The largest absolute Gasteiger partial charge is 0.381 e. The van der Waals surface area contributed by atoms with Gasteiger partial charge < -0.3 is 30.2 Å². The summed E-state index contributed by atoms with van der Waals surface area (Å²) in [4.78, 5) is 59.9. The minimum atomic E-state index is -1.19. The summed E-state index contributed by atoms with van der Waals surface area (Å²) < 4.78 is 52.8. The van der Waals surface area contributed by atoms with Crippen LogP contribution in [0.15, 0.2) is 66.9 Å². The number of halogens is 3. The minimum absolute atomic E-state index is 0.00875. The van der Waals surface area contributed by atoms with E-state index in [0.29, 0.717) is 77.2 Å². The number of carbonyl (C=O) groups excluding carboxylic acids is 4. The molecule has 2 saturated heterocycles. The molecule has 1 saturated carbocycles. The predicted molar refractivity (Wildman–Crippen MR) is 210 cm³/mol. The highest BCUT2D eigenvalue weighted by Gasteiger charge is 2.41. The number of imidazole rings is 1. The molecule has 3 aromatic rings. The number of hydrogen-bond acceptors (Lipinski definition) is 7. The van der Waals surface area contributed by atoms with Crippen molar-refractivity contribution >= 4 is 23.8 Å². The first-order valence-electron chi connectivity index (χ1n) is 20.4. The molecule has 58 heavy (non-hydrogen) atoms. The Hall–Kier alpha value is -5.02. The quantitative estimate of drug-likeness (QED) is 0.192. The van der Waals surface area contributed by atoms with Crippen molar-refractivity contribution in [2.45, 2.75) is 70.2 Å². The summed E-state index contributed by atoms with van der Waals surface area (Å²) in [5.41, 5.74) is 1.14. The lowest BCUT2D eigenvalue weighted by Crippen LogP contribution is -2.53. The molecule has 0 bridgehead atoms. The maximum atomic E-state index is 15.4. The number of hydrogen-bond donors (Lipinski definition) is 3. The van der Waals surface area contributed by atoms with Crippen LogP contribution in [0.4, 0.5) is 18.0 Å². The molecule has 4 aliphatic rings. The van der Waals surface area contributed by atoms with Crippen LogP contribution in [0.1, 0.15) is 62.9 Å². The number of alkyl halides is 1. The highest BCUT2D eigenvalue weighted by molar-refractivity contribution is 6.12. The minimum Gasteiger partial charge on any atom is -0.381 e. The van der Waals surface area contributed by atoms with Gasteiger partial charge in [-0.05, 0) is 81.0 Å². The Morgan fingerprint density at radius 1 is 0.983 bits per heavy atom. The first-order chi connectivity index (χ1) is 28.0. The van der Waals surface area contributed by atoms with Gasteiger partial charge in [-0.2, -0.15) is 0 Å². The molecular formula is C43H52F3N7O5. The second-order valence-electron chi connectivity index (χ2n) is 16.1. The van der Waals surface area contributed by atoms with Crippen LogP contribution in [0.2, 0.25) is 0 Å². The Balaban J connectivity index is 1.11. The van der Waals surface area contributed by atoms with Crippen LogP contribution in [0.5, 0.6) is 0 Å². The smallest absolute Gasteiger partial charge is 0.318 e.